The molecule has 2 aromatic heterocycles. The topological polar surface area (TPSA) is 32.3 Å². The van der Waals surface area contributed by atoms with Gasteiger partial charge in [-0.2, -0.15) is 0 Å². The van der Waals surface area contributed by atoms with Crippen molar-refractivity contribution < 1.29 is 0 Å². The van der Waals surface area contributed by atoms with Crippen molar-refractivity contribution in [3.8, 4) is 89.0 Å². The highest BCUT2D eigenvalue weighted by molar-refractivity contribution is 6.27. The van der Waals surface area contributed by atoms with Crippen molar-refractivity contribution in [2.24, 2.45) is 0 Å². The summed E-state index contributed by atoms with van der Waals surface area (Å²) in [6, 6.07) is 133. The summed E-state index contributed by atoms with van der Waals surface area (Å²) in [5.41, 5.74) is 26.0. The molecule has 18 aromatic carbocycles. The molecule has 0 fully saturated rings. The summed E-state index contributed by atoms with van der Waals surface area (Å²) < 4.78 is 0. The minimum atomic E-state index is 1.08. The van der Waals surface area contributed by atoms with Gasteiger partial charge in [-0.25, -0.2) is 0 Å². The molecule has 0 saturated carbocycles. The second-order valence-corrected chi connectivity index (χ2v) is 28.0. The van der Waals surface area contributed by atoms with Crippen molar-refractivity contribution in [1.29, 1.82) is 0 Å². The van der Waals surface area contributed by atoms with E-state index in [1.165, 1.54) is 181 Å². The molecule has 0 atom stereocenters. The van der Waals surface area contributed by atoms with Crippen molar-refractivity contribution in [2.45, 2.75) is 0 Å². The molecule has 492 valence electrons. The minimum absolute atomic E-state index is 1.08. The van der Waals surface area contributed by atoms with Gasteiger partial charge in [-0.05, 0) is 250 Å². The Balaban J connectivity index is 0.000000136. The minimum Gasteiger partial charge on any atom is -0.309 e. The second-order valence-electron chi connectivity index (χ2n) is 28.0. The van der Waals surface area contributed by atoms with E-state index < -0.39 is 0 Å². The Hall–Kier alpha value is -14.1. The van der Waals surface area contributed by atoms with Crippen LogP contribution in [0.3, 0.4) is 0 Å². The Bertz CT molecular complexity index is 6490. The molecule has 2 aliphatic rings. The molecule has 0 spiro atoms. The molecule has 0 saturated heterocycles. The van der Waals surface area contributed by atoms with Crippen molar-refractivity contribution in [3.63, 3.8) is 0 Å². The fourth-order valence-corrected chi connectivity index (χ4v) is 17.2. The van der Waals surface area contributed by atoms with Crippen LogP contribution >= 0.6 is 0 Å². The average molecular weight is 1350 g/mol. The molecule has 106 heavy (non-hydrogen) atoms. The molecule has 0 unspecified atom stereocenters. The lowest BCUT2D eigenvalue weighted by molar-refractivity contribution is 1.23. The number of rotatable bonds is 8. The molecule has 0 N–H and O–H groups in total. The van der Waals surface area contributed by atoms with Gasteiger partial charge < -0.3 is 9.80 Å². The van der Waals surface area contributed by atoms with E-state index in [1.54, 1.807) is 0 Å². The maximum atomic E-state index is 4.63. The third kappa shape index (κ3) is 10.1. The number of hydrogen-bond donors (Lipinski definition) is 0. The monoisotopic (exact) mass is 1340 g/mol. The van der Waals surface area contributed by atoms with Gasteiger partial charge in [-0.15, -0.1) is 0 Å². The van der Waals surface area contributed by atoms with Crippen LogP contribution in [0.1, 0.15) is 0 Å². The lowest BCUT2D eigenvalue weighted by Gasteiger charge is -2.33. The first-order valence-corrected chi connectivity index (χ1v) is 36.4. The summed E-state index contributed by atoms with van der Waals surface area (Å²) in [6.45, 7) is 0. The molecular formula is C102H64N4. The van der Waals surface area contributed by atoms with Crippen LogP contribution in [-0.4, -0.2) is 9.97 Å². The van der Waals surface area contributed by atoms with E-state index in [0.717, 1.165) is 28.3 Å². The fraction of sp³-hybridized carbons (Fsp3) is 0. The summed E-state index contributed by atoms with van der Waals surface area (Å²) >= 11 is 0. The molecule has 0 amide bonds. The summed E-state index contributed by atoms with van der Waals surface area (Å²) in [4.78, 5) is 14.0. The van der Waals surface area contributed by atoms with Crippen molar-refractivity contribution in [2.75, 3.05) is 9.80 Å². The first-order valence-electron chi connectivity index (χ1n) is 36.4. The van der Waals surface area contributed by atoms with E-state index >= 15 is 0 Å². The summed E-state index contributed by atoms with van der Waals surface area (Å²) in [5, 5.41) is 20.5. The predicted molar refractivity (Wildman–Crippen MR) is 448 cm³/mol. The molecule has 4 heteroatoms. The van der Waals surface area contributed by atoms with Crippen LogP contribution in [0, 0.1) is 0 Å². The van der Waals surface area contributed by atoms with Gasteiger partial charge in [0.15, 0.2) is 0 Å². The maximum absolute atomic E-state index is 4.63. The largest absolute Gasteiger partial charge is 0.309 e. The van der Waals surface area contributed by atoms with Crippen LogP contribution in [0.5, 0.6) is 0 Å². The van der Waals surface area contributed by atoms with E-state index in [2.05, 4.69) is 384 Å². The zero-order chi connectivity index (χ0) is 69.8. The number of nitrogens with zero attached hydrogens (tertiary/aromatic N) is 4. The van der Waals surface area contributed by atoms with Gasteiger partial charge in [-0.1, -0.05) is 267 Å². The van der Waals surface area contributed by atoms with Crippen LogP contribution in [0.15, 0.2) is 389 Å². The second kappa shape index (κ2) is 24.9. The van der Waals surface area contributed by atoms with Crippen LogP contribution in [-0.2, 0) is 0 Å². The Kier molecular flexibility index (Phi) is 14.2. The molecule has 2 aliphatic heterocycles. The van der Waals surface area contributed by atoms with Crippen LogP contribution in [0.25, 0.3) is 175 Å². The quantitative estimate of drug-likeness (QED) is 0.142. The molecule has 0 bridgehead atoms. The number of aromatic nitrogens is 2. The van der Waals surface area contributed by atoms with Gasteiger partial charge in [0, 0.05) is 51.9 Å². The highest BCUT2D eigenvalue weighted by atomic mass is 15.2. The molecular weight excluding hydrogens is 1280 g/mol. The molecule has 4 heterocycles. The Morgan fingerprint density at radius 2 is 0.509 bits per heavy atom. The maximum Gasteiger partial charge on any atom is 0.0723 e. The van der Waals surface area contributed by atoms with Gasteiger partial charge >= 0.3 is 0 Å². The predicted octanol–water partition coefficient (Wildman–Crippen LogP) is 28.3. The van der Waals surface area contributed by atoms with Crippen LogP contribution in [0.2, 0.25) is 0 Å². The standard InChI is InChI=1S/2C51H32N2/c1-2-11-33(12-3-1)39-28-38-16-10-22-50-51(38)47(31-39)48-32-52-26-25-49(48)53(50)40-17-9-15-36(29-40)34-13-8-14-35(27-34)37-23-24-45-43-20-5-4-18-41(43)42-19-6-7-21-44(42)46(45)30-37;1-2-11-33(12-3-1)39-28-38-16-10-22-49-51(38)48(31-39)46-25-26-52-32-50(46)53(49)40-17-9-15-36(29-40)34-13-8-14-35(27-34)37-23-24-45-43-20-5-4-18-41(43)42-19-6-7-21-44(42)47(45)30-37/h2*1-32H. The fourth-order valence-electron chi connectivity index (χ4n) is 17.2. The number of benzene rings is 18. The normalized spacial score (nSPS) is 12.1. The van der Waals surface area contributed by atoms with Gasteiger partial charge in [0.25, 0.3) is 0 Å². The van der Waals surface area contributed by atoms with E-state index in [1.807, 2.05) is 24.8 Å². The van der Waals surface area contributed by atoms with E-state index in [0.29, 0.717) is 0 Å². The number of hydrogen-bond acceptors (Lipinski definition) is 4. The van der Waals surface area contributed by atoms with E-state index in [-0.39, 0.29) is 0 Å². The molecule has 0 aliphatic carbocycles. The van der Waals surface area contributed by atoms with Gasteiger partial charge in [0.2, 0.25) is 0 Å². The summed E-state index contributed by atoms with van der Waals surface area (Å²) in [7, 11) is 0. The molecule has 22 rings (SSSR count). The van der Waals surface area contributed by atoms with Crippen LogP contribution in [0.4, 0.5) is 34.1 Å². The summed E-state index contributed by atoms with van der Waals surface area (Å²) in [5.74, 6) is 0. The lowest BCUT2D eigenvalue weighted by Crippen LogP contribution is -2.15. The molecule has 4 nitrogen and oxygen atoms in total. The first-order chi connectivity index (χ1) is 52.6. The SMILES string of the molecule is c1ccc(-c2cc3c4c(cccc4c2)N(c2cccc(-c4cccc(-c5ccc6c7ccccc7c7ccccc7c6c5)c4)c2)c2ccncc2-3)cc1.c1ccc(-c2cc3c4c(cccc4c2)N(c2cccc(-c4cccc(-c5ccc6c7ccccc7c7ccccc7c6c5)c4)c2)c2cnccc2-3)cc1. The number of fused-ring (bicyclic) bond motifs is 16. The van der Waals surface area contributed by atoms with Crippen molar-refractivity contribution >= 4 is 120 Å². The zero-order valence-corrected chi connectivity index (χ0v) is 57.7. The highest BCUT2D eigenvalue weighted by Crippen LogP contribution is 2.55. The smallest absolute Gasteiger partial charge is 0.0723 e. The first kappa shape index (κ1) is 60.7. The Labute approximate surface area is 613 Å². The Morgan fingerprint density at radius 3 is 0.962 bits per heavy atom. The van der Waals surface area contributed by atoms with Crippen LogP contribution < -0.4 is 9.80 Å². The highest BCUT2D eigenvalue weighted by Gasteiger charge is 2.30. The third-order valence-electron chi connectivity index (χ3n) is 22.0. The van der Waals surface area contributed by atoms with E-state index in [4.69, 9.17) is 0 Å². The van der Waals surface area contributed by atoms with Crippen molar-refractivity contribution in [3.05, 3.63) is 389 Å². The average Bonchev–Trinajstić information content (AvgIpc) is 0.734. The number of anilines is 6. The zero-order valence-electron chi connectivity index (χ0n) is 57.7. The number of pyridine rings is 2. The molecule has 0 radical (unpaired) electrons. The summed E-state index contributed by atoms with van der Waals surface area (Å²) in [6.07, 6.45) is 7.84. The van der Waals surface area contributed by atoms with Gasteiger partial charge in [0.05, 0.1) is 28.9 Å². The third-order valence-corrected chi connectivity index (χ3v) is 22.0. The van der Waals surface area contributed by atoms with Gasteiger partial charge in [-0.3, -0.25) is 9.97 Å². The van der Waals surface area contributed by atoms with E-state index in [9.17, 15) is 0 Å². The Morgan fingerprint density at radius 1 is 0.170 bits per heavy atom. The molecule has 20 aromatic rings. The van der Waals surface area contributed by atoms with Crippen molar-refractivity contribution in [1.82, 2.24) is 9.97 Å². The lowest BCUT2D eigenvalue weighted by atomic mass is 9.88. The van der Waals surface area contributed by atoms with Gasteiger partial charge in [0.1, 0.15) is 0 Å².